The molecule has 0 atom stereocenters. The normalized spacial score (nSPS) is 10.4. The molecule has 82 valence electrons. The van der Waals surface area contributed by atoms with E-state index in [2.05, 4.69) is 4.98 Å². The molecule has 5 heteroatoms. The molecule has 0 unspecified atom stereocenters. The highest BCUT2D eigenvalue weighted by Crippen LogP contribution is 2.25. The minimum Gasteiger partial charge on any atom is -0.297 e. The molecule has 0 aliphatic carbocycles. The molecular formula is C11H9NO2S2. The van der Waals surface area contributed by atoms with Crippen molar-refractivity contribution in [3.8, 4) is 0 Å². The highest BCUT2D eigenvalue weighted by Gasteiger charge is 2.18. The van der Waals surface area contributed by atoms with Gasteiger partial charge in [-0.05, 0) is 19.9 Å². The molecule has 0 N–H and O–H groups in total. The number of hydrogen-bond acceptors (Lipinski definition) is 5. The predicted octanol–water partition coefficient (Wildman–Crippen LogP) is 2.86. The maximum Gasteiger partial charge on any atom is 0.205 e. The summed E-state index contributed by atoms with van der Waals surface area (Å²) in [7, 11) is 0. The van der Waals surface area contributed by atoms with Crippen molar-refractivity contribution in [3.05, 3.63) is 37.5 Å². The highest BCUT2D eigenvalue weighted by atomic mass is 32.1. The highest BCUT2D eigenvalue weighted by molar-refractivity contribution is 7.14. The summed E-state index contributed by atoms with van der Waals surface area (Å²) in [5, 5.41) is 0. The van der Waals surface area contributed by atoms with Crippen LogP contribution in [0.25, 0.3) is 0 Å². The van der Waals surface area contributed by atoms with Crippen LogP contribution in [0.15, 0.2) is 11.6 Å². The first kappa shape index (κ1) is 11.2. The van der Waals surface area contributed by atoms with E-state index in [1.54, 1.807) is 11.6 Å². The van der Waals surface area contributed by atoms with Gasteiger partial charge < -0.3 is 0 Å². The molecule has 0 amide bonds. The van der Waals surface area contributed by atoms with Gasteiger partial charge in [-0.3, -0.25) is 9.59 Å². The number of thiazole rings is 1. The average molecular weight is 251 g/mol. The van der Waals surface area contributed by atoms with Gasteiger partial charge in [0.2, 0.25) is 5.78 Å². The number of nitrogens with zero attached hydrogens (tertiary/aromatic N) is 1. The molecule has 0 aliphatic rings. The molecule has 2 rings (SSSR count). The van der Waals surface area contributed by atoms with Gasteiger partial charge in [0.05, 0.1) is 21.0 Å². The topological polar surface area (TPSA) is 47.0 Å². The lowest BCUT2D eigenvalue weighted by molar-refractivity contribution is 0.104. The van der Waals surface area contributed by atoms with Crippen molar-refractivity contribution in [2.75, 3.05) is 0 Å². The van der Waals surface area contributed by atoms with Crippen LogP contribution in [0.3, 0.4) is 0 Å². The van der Waals surface area contributed by atoms with Crippen molar-refractivity contribution in [2.45, 2.75) is 13.8 Å². The van der Waals surface area contributed by atoms with E-state index in [1.807, 2.05) is 13.8 Å². The first-order chi connectivity index (χ1) is 7.63. The number of aldehydes is 1. The first-order valence-electron chi connectivity index (χ1n) is 4.64. The van der Waals surface area contributed by atoms with Crippen molar-refractivity contribution in [2.24, 2.45) is 0 Å². The Morgan fingerprint density at radius 3 is 2.69 bits per heavy atom. The van der Waals surface area contributed by atoms with Gasteiger partial charge in [0, 0.05) is 10.4 Å². The fraction of sp³-hybridized carbons (Fsp3) is 0.182. The number of aryl methyl sites for hydroxylation is 2. The van der Waals surface area contributed by atoms with Gasteiger partial charge in [-0.25, -0.2) is 4.98 Å². The van der Waals surface area contributed by atoms with E-state index in [0.29, 0.717) is 15.3 Å². The summed E-state index contributed by atoms with van der Waals surface area (Å²) in [5.74, 6) is -0.0400. The molecule has 2 heterocycles. The van der Waals surface area contributed by atoms with Crippen LogP contribution < -0.4 is 0 Å². The largest absolute Gasteiger partial charge is 0.297 e. The monoisotopic (exact) mass is 251 g/mol. The van der Waals surface area contributed by atoms with Gasteiger partial charge in [0.1, 0.15) is 0 Å². The van der Waals surface area contributed by atoms with E-state index < -0.39 is 0 Å². The molecule has 2 aromatic rings. The van der Waals surface area contributed by atoms with E-state index in [1.165, 1.54) is 22.7 Å². The Hall–Kier alpha value is -1.33. The second-order valence-corrected chi connectivity index (χ2v) is 5.48. The maximum absolute atomic E-state index is 12.1. The van der Waals surface area contributed by atoms with E-state index in [4.69, 9.17) is 0 Å². The Labute approximate surface area is 101 Å². The van der Waals surface area contributed by atoms with Crippen molar-refractivity contribution >= 4 is 34.7 Å². The second-order valence-electron chi connectivity index (χ2n) is 3.33. The SMILES string of the molecule is Cc1ncsc1C(=O)c1cc(C=O)sc1C. The van der Waals surface area contributed by atoms with Crippen LogP contribution in [-0.2, 0) is 0 Å². The summed E-state index contributed by atoms with van der Waals surface area (Å²) in [6.07, 6.45) is 0.772. The van der Waals surface area contributed by atoms with Gasteiger partial charge in [-0.1, -0.05) is 0 Å². The molecule has 3 nitrogen and oxygen atoms in total. The number of carbonyl (C=O) groups excluding carboxylic acids is 2. The van der Waals surface area contributed by atoms with Crippen molar-refractivity contribution in [3.63, 3.8) is 0 Å². The lowest BCUT2D eigenvalue weighted by Crippen LogP contribution is -2.00. The number of thiophene rings is 1. The third-order valence-corrected chi connectivity index (χ3v) is 4.15. The summed E-state index contributed by atoms with van der Waals surface area (Å²) in [6, 6.07) is 1.65. The van der Waals surface area contributed by atoms with E-state index in [0.717, 1.165) is 16.9 Å². The van der Waals surface area contributed by atoms with Crippen molar-refractivity contribution in [1.29, 1.82) is 0 Å². The third-order valence-electron chi connectivity index (χ3n) is 2.25. The van der Waals surface area contributed by atoms with Gasteiger partial charge in [0.25, 0.3) is 0 Å². The molecule has 0 saturated heterocycles. The molecule has 16 heavy (non-hydrogen) atoms. The predicted molar refractivity (Wildman–Crippen MR) is 64.7 cm³/mol. The number of hydrogen-bond donors (Lipinski definition) is 0. The molecule has 0 radical (unpaired) electrons. The summed E-state index contributed by atoms with van der Waals surface area (Å²) in [4.78, 5) is 28.9. The van der Waals surface area contributed by atoms with E-state index in [-0.39, 0.29) is 5.78 Å². The van der Waals surface area contributed by atoms with E-state index in [9.17, 15) is 9.59 Å². The molecule has 0 spiro atoms. The van der Waals surface area contributed by atoms with Crippen molar-refractivity contribution in [1.82, 2.24) is 4.98 Å². The Bertz CT molecular complexity index is 554. The molecule has 0 aliphatic heterocycles. The second kappa shape index (κ2) is 4.27. The van der Waals surface area contributed by atoms with Crippen LogP contribution in [0.4, 0.5) is 0 Å². The first-order valence-corrected chi connectivity index (χ1v) is 6.33. The minimum atomic E-state index is -0.0400. The van der Waals surface area contributed by atoms with Crippen LogP contribution in [0.2, 0.25) is 0 Å². The van der Waals surface area contributed by atoms with Gasteiger partial charge in [-0.2, -0.15) is 0 Å². The quantitative estimate of drug-likeness (QED) is 0.622. The summed E-state index contributed by atoms with van der Waals surface area (Å²) in [5.41, 5.74) is 3.01. The van der Waals surface area contributed by atoms with Gasteiger partial charge >= 0.3 is 0 Å². The standard InChI is InChI=1S/C11H9NO2S2/c1-6-11(15-5-12-6)10(14)9-3-8(4-13)16-7(9)2/h3-5H,1-2H3. The Kier molecular flexibility index (Phi) is 2.98. The van der Waals surface area contributed by atoms with Crippen LogP contribution in [0.5, 0.6) is 0 Å². The molecule has 0 fully saturated rings. The lowest BCUT2D eigenvalue weighted by Gasteiger charge is -1.96. The summed E-state index contributed by atoms with van der Waals surface area (Å²) < 4.78 is 0. The van der Waals surface area contributed by atoms with Gasteiger partial charge in [0.15, 0.2) is 6.29 Å². The van der Waals surface area contributed by atoms with Gasteiger partial charge in [-0.15, -0.1) is 22.7 Å². The van der Waals surface area contributed by atoms with Crippen LogP contribution in [-0.4, -0.2) is 17.1 Å². The Balaban J connectivity index is 2.45. The average Bonchev–Trinajstić information content (AvgIpc) is 2.83. The van der Waals surface area contributed by atoms with Crippen LogP contribution in [0.1, 0.15) is 35.5 Å². The number of aromatic nitrogens is 1. The summed E-state index contributed by atoms with van der Waals surface area (Å²) >= 11 is 2.67. The molecular weight excluding hydrogens is 242 g/mol. The smallest absolute Gasteiger partial charge is 0.205 e. The fourth-order valence-corrected chi connectivity index (χ4v) is 3.03. The molecule has 0 aromatic carbocycles. The lowest BCUT2D eigenvalue weighted by atomic mass is 10.1. The van der Waals surface area contributed by atoms with Crippen LogP contribution >= 0.6 is 22.7 Å². The number of ketones is 1. The molecule has 0 saturated carbocycles. The maximum atomic E-state index is 12.1. The zero-order chi connectivity index (χ0) is 11.7. The Morgan fingerprint density at radius 2 is 2.19 bits per heavy atom. The minimum absolute atomic E-state index is 0.0400. The van der Waals surface area contributed by atoms with Crippen molar-refractivity contribution < 1.29 is 9.59 Å². The zero-order valence-electron chi connectivity index (χ0n) is 8.81. The molecule has 0 bridgehead atoms. The zero-order valence-corrected chi connectivity index (χ0v) is 10.4. The number of carbonyl (C=O) groups is 2. The van der Waals surface area contributed by atoms with Crippen LogP contribution in [0, 0.1) is 13.8 Å². The fourth-order valence-electron chi connectivity index (χ4n) is 1.43. The third kappa shape index (κ3) is 1.83. The molecule has 2 aromatic heterocycles. The Morgan fingerprint density at radius 1 is 1.44 bits per heavy atom. The summed E-state index contributed by atoms with van der Waals surface area (Å²) in [6.45, 7) is 3.66. The number of rotatable bonds is 3. The van der Waals surface area contributed by atoms with E-state index >= 15 is 0 Å².